The maximum atomic E-state index is 12.3. The van der Waals surface area contributed by atoms with Gasteiger partial charge in [-0.25, -0.2) is 4.79 Å². The van der Waals surface area contributed by atoms with E-state index in [1.807, 2.05) is 51.1 Å². The van der Waals surface area contributed by atoms with Crippen molar-refractivity contribution in [3.05, 3.63) is 35.9 Å². The van der Waals surface area contributed by atoms with Crippen LogP contribution < -0.4 is 5.32 Å². The highest BCUT2D eigenvalue weighted by Gasteiger charge is 2.37. The molecule has 140 valence electrons. The molecule has 0 saturated carbocycles. The third-order valence-corrected chi connectivity index (χ3v) is 4.97. The first-order chi connectivity index (χ1) is 11.7. The number of halogens is 1. The van der Waals surface area contributed by atoms with Crippen LogP contribution in [-0.4, -0.2) is 31.8 Å². The Morgan fingerprint density at radius 1 is 1.20 bits per heavy atom. The van der Waals surface area contributed by atoms with Gasteiger partial charge in [-0.1, -0.05) is 52.9 Å². The van der Waals surface area contributed by atoms with E-state index >= 15 is 0 Å². The van der Waals surface area contributed by atoms with E-state index in [2.05, 4.69) is 27.9 Å². The lowest BCUT2D eigenvalue weighted by Gasteiger charge is -2.34. The number of aliphatic hydroxyl groups is 1. The second-order valence-electron chi connectivity index (χ2n) is 7.15. The Balaban J connectivity index is 2.92. The van der Waals surface area contributed by atoms with Crippen LogP contribution in [-0.2, 0) is 11.2 Å². The highest BCUT2D eigenvalue weighted by atomic mass is 127. The van der Waals surface area contributed by atoms with Gasteiger partial charge in [-0.05, 0) is 75.1 Å². The molecule has 1 unspecified atom stereocenters. The first-order valence-electron chi connectivity index (χ1n) is 8.53. The molecular formula is C19H28INO3S. The summed E-state index contributed by atoms with van der Waals surface area (Å²) in [6, 6.07) is 9.98. The zero-order valence-corrected chi connectivity index (χ0v) is 18.2. The number of carbonyl (C=O) groups excluding carboxylic acids is 1. The van der Waals surface area contributed by atoms with E-state index in [0.29, 0.717) is 19.3 Å². The van der Waals surface area contributed by atoms with E-state index in [9.17, 15) is 9.90 Å². The Hall–Kier alpha value is -0.890. The van der Waals surface area contributed by atoms with Gasteiger partial charge >= 0.3 is 6.09 Å². The second-order valence-corrected chi connectivity index (χ2v) is 8.61. The number of unbranched alkanes of at least 4 members (excludes halogenated alkanes) is 1. The van der Waals surface area contributed by atoms with Crippen LogP contribution in [0, 0.1) is 0 Å². The van der Waals surface area contributed by atoms with Gasteiger partial charge in [0.2, 0.25) is 0 Å². The fourth-order valence-corrected chi connectivity index (χ4v) is 3.33. The SMILES string of the molecule is CC(C)(C)OC(=O)NC(CCCCI)(CCc1ccccc1)C(O)=S. The third-order valence-electron chi connectivity index (χ3n) is 3.82. The topological polar surface area (TPSA) is 58.6 Å². The number of ether oxygens (including phenoxy) is 1. The quantitative estimate of drug-likeness (QED) is 0.217. The van der Waals surface area contributed by atoms with Crippen LogP contribution in [0.2, 0.25) is 0 Å². The molecule has 1 aromatic rings. The maximum Gasteiger partial charge on any atom is 0.408 e. The Morgan fingerprint density at radius 2 is 1.84 bits per heavy atom. The van der Waals surface area contributed by atoms with Crippen molar-refractivity contribution in [2.45, 2.75) is 64.0 Å². The molecule has 0 aliphatic rings. The van der Waals surface area contributed by atoms with Crippen LogP contribution in [0.25, 0.3) is 0 Å². The number of rotatable bonds is 9. The van der Waals surface area contributed by atoms with Crippen molar-refractivity contribution in [3.8, 4) is 0 Å². The summed E-state index contributed by atoms with van der Waals surface area (Å²) in [6.45, 7) is 5.43. The van der Waals surface area contributed by atoms with Crippen molar-refractivity contribution in [1.82, 2.24) is 5.32 Å². The first-order valence-corrected chi connectivity index (χ1v) is 10.5. The first kappa shape index (κ1) is 22.2. The summed E-state index contributed by atoms with van der Waals surface area (Å²) in [5.41, 5.74) is -0.406. The molecule has 0 spiro atoms. The Labute approximate surface area is 169 Å². The number of nitrogens with one attached hydrogen (secondary N) is 1. The lowest BCUT2D eigenvalue weighted by molar-refractivity contribution is 0.0470. The molecule has 0 aromatic heterocycles. The van der Waals surface area contributed by atoms with Crippen LogP contribution in [0.4, 0.5) is 4.79 Å². The van der Waals surface area contributed by atoms with Crippen LogP contribution in [0.5, 0.6) is 0 Å². The van der Waals surface area contributed by atoms with Gasteiger partial charge in [-0.2, -0.15) is 0 Å². The number of aryl methyl sites for hydroxylation is 1. The fourth-order valence-electron chi connectivity index (χ4n) is 2.54. The van der Waals surface area contributed by atoms with E-state index in [4.69, 9.17) is 17.0 Å². The number of thiocarbonyl (C=S) groups is 1. The summed E-state index contributed by atoms with van der Waals surface area (Å²) >= 11 is 7.46. The molecular weight excluding hydrogens is 449 g/mol. The van der Waals surface area contributed by atoms with E-state index < -0.39 is 17.2 Å². The van der Waals surface area contributed by atoms with Gasteiger partial charge in [0.1, 0.15) is 11.1 Å². The summed E-state index contributed by atoms with van der Waals surface area (Å²) in [5.74, 6) is 0. The molecule has 0 fully saturated rings. The Kier molecular flexibility index (Phi) is 9.13. The minimum Gasteiger partial charge on any atom is -0.500 e. The van der Waals surface area contributed by atoms with Crippen molar-refractivity contribution in [2.75, 3.05) is 4.43 Å². The normalized spacial score (nSPS) is 13.8. The minimum absolute atomic E-state index is 0.178. The number of hydrogen-bond acceptors (Lipinski definition) is 3. The van der Waals surface area contributed by atoms with Crippen molar-refractivity contribution >= 4 is 46.0 Å². The number of hydrogen-bond donors (Lipinski definition) is 2. The lowest BCUT2D eigenvalue weighted by atomic mass is 9.87. The Bertz CT molecular complexity index is 560. The molecule has 0 saturated heterocycles. The molecule has 0 aliphatic heterocycles. The van der Waals surface area contributed by atoms with Gasteiger partial charge in [-0.15, -0.1) is 0 Å². The molecule has 4 nitrogen and oxygen atoms in total. The predicted octanol–water partition coefficient (Wildman–Crippen LogP) is 5.37. The van der Waals surface area contributed by atoms with Crippen LogP contribution in [0.15, 0.2) is 30.3 Å². The zero-order valence-electron chi connectivity index (χ0n) is 15.2. The van der Waals surface area contributed by atoms with Crippen LogP contribution >= 0.6 is 34.8 Å². The number of benzene rings is 1. The monoisotopic (exact) mass is 477 g/mol. The molecule has 0 heterocycles. The molecule has 0 bridgehead atoms. The maximum absolute atomic E-state index is 12.3. The van der Waals surface area contributed by atoms with E-state index in [0.717, 1.165) is 22.8 Å². The average molecular weight is 477 g/mol. The summed E-state index contributed by atoms with van der Waals surface area (Å²) in [7, 11) is 0. The van der Waals surface area contributed by atoms with E-state index in [1.54, 1.807) is 0 Å². The smallest absolute Gasteiger partial charge is 0.408 e. The molecule has 6 heteroatoms. The second kappa shape index (κ2) is 10.3. The molecule has 25 heavy (non-hydrogen) atoms. The van der Waals surface area contributed by atoms with E-state index in [-0.39, 0.29) is 5.05 Å². The number of alkyl carbamates (subject to hydrolysis) is 1. The summed E-state index contributed by atoms with van der Waals surface area (Å²) in [5, 5.41) is 12.9. The van der Waals surface area contributed by atoms with Gasteiger partial charge in [-0.3, -0.25) is 0 Å². The fraction of sp³-hybridized carbons (Fsp3) is 0.579. The van der Waals surface area contributed by atoms with Gasteiger partial charge < -0.3 is 15.2 Å². The molecule has 0 aliphatic carbocycles. The average Bonchev–Trinajstić information content (AvgIpc) is 2.51. The largest absolute Gasteiger partial charge is 0.500 e. The molecule has 1 rings (SSSR count). The highest BCUT2D eigenvalue weighted by molar-refractivity contribution is 14.1. The molecule has 1 aromatic carbocycles. The van der Waals surface area contributed by atoms with Gasteiger partial charge in [0, 0.05) is 0 Å². The van der Waals surface area contributed by atoms with E-state index in [1.165, 1.54) is 0 Å². The predicted molar refractivity (Wildman–Crippen MR) is 115 cm³/mol. The third kappa shape index (κ3) is 8.35. The molecule has 2 N–H and O–H groups in total. The number of carbonyl (C=O) groups is 1. The van der Waals surface area contributed by atoms with Crippen LogP contribution in [0.1, 0.15) is 52.0 Å². The van der Waals surface area contributed by atoms with Gasteiger partial charge in [0.05, 0.1) is 0 Å². The van der Waals surface area contributed by atoms with Gasteiger partial charge in [0.25, 0.3) is 0 Å². The van der Waals surface area contributed by atoms with Crippen molar-refractivity contribution in [3.63, 3.8) is 0 Å². The van der Waals surface area contributed by atoms with Crippen molar-refractivity contribution in [1.29, 1.82) is 0 Å². The molecule has 0 radical (unpaired) electrons. The summed E-state index contributed by atoms with van der Waals surface area (Å²) in [6.07, 6.45) is 3.16. The summed E-state index contributed by atoms with van der Waals surface area (Å²) in [4.78, 5) is 12.3. The number of aliphatic hydroxyl groups excluding tert-OH is 1. The molecule has 1 amide bonds. The standard InChI is InChI=1S/C19H28INO3S/c1-18(2,3)24-17(23)21-19(16(22)25,12-7-8-14-20)13-11-15-9-5-4-6-10-15/h4-6,9-10H,7-8,11-14H2,1-3H3,(H,21,23)(H,22,25). The number of amides is 1. The van der Waals surface area contributed by atoms with Crippen molar-refractivity contribution < 1.29 is 14.6 Å². The minimum atomic E-state index is -0.945. The Morgan fingerprint density at radius 3 is 2.36 bits per heavy atom. The van der Waals surface area contributed by atoms with Crippen molar-refractivity contribution in [2.24, 2.45) is 0 Å². The van der Waals surface area contributed by atoms with Crippen LogP contribution in [0.3, 0.4) is 0 Å². The molecule has 1 atom stereocenters. The lowest BCUT2D eigenvalue weighted by Crippen LogP contribution is -2.55. The highest BCUT2D eigenvalue weighted by Crippen LogP contribution is 2.24. The number of alkyl halides is 1. The van der Waals surface area contributed by atoms with Gasteiger partial charge in [0.15, 0.2) is 5.05 Å². The summed E-state index contributed by atoms with van der Waals surface area (Å²) < 4.78 is 6.40. The zero-order chi connectivity index (χ0) is 18.9.